The second-order valence-corrected chi connectivity index (χ2v) is 7.97. The van der Waals surface area contributed by atoms with Gasteiger partial charge in [-0.3, -0.25) is 4.90 Å². The molecule has 1 aliphatic heterocycles. The Morgan fingerprint density at radius 2 is 1.76 bits per heavy atom. The lowest BCUT2D eigenvalue weighted by Gasteiger charge is -2.33. The standard InChI is InChI=1S/C18H27N7/c1-13-17-20-21-18(14-5-2-3-6-14)24(17)10-9-23(13)11-15-12-25(22-19-15)16-7-4-8-16/h12-14,16H,2-11H2,1H3. The van der Waals surface area contributed by atoms with Gasteiger partial charge in [0.25, 0.3) is 0 Å². The van der Waals surface area contributed by atoms with E-state index in [1.54, 1.807) is 0 Å². The van der Waals surface area contributed by atoms with E-state index in [0.717, 1.165) is 31.2 Å². The van der Waals surface area contributed by atoms with Crippen LogP contribution >= 0.6 is 0 Å². The molecule has 3 heterocycles. The van der Waals surface area contributed by atoms with Crippen LogP contribution in [0.4, 0.5) is 0 Å². The molecule has 0 N–H and O–H groups in total. The van der Waals surface area contributed by atoms with Gasteiger partial charge in [-0.25, -0.2) is 4.68 Å². The van der Waals surface area contributed by atoms with Crippen molar-refractivity contribution in [3.63, 3.8) is 0 Å². The van der Waals surface area contributed by atoms with Crippen molar-refractivity contribution >= 4 is 0 Å². The van der Waals surface area contributed by atoms with E-state index in [1.807, 2.05) is 0 Å². The van der Waals surface area contributed by atoms with Crippen molar-refractivity contribution in [2.45, 2.75) is 83.0 Å². The third-order valence-corrected chi connectivity index (χ3v) is 6.43. The van der Waals surface area contributed by atoms with Gasteiger partial charge in [0.2, 0.25) is 0 Å². The second-order valence-electron chi connectivity index (χ2n) is 7.97. The molecule has 7 nitrogen and oxygen atoms in total. The van der Waals surface area contributed by atoms with Gasteiger partial charge in [-0.2, -0.15) is 0 Å². The highest BCUT2D eigenvalue weighted by Gasteiger charge is 2.32. The average molecular weight is 341 g/mol. The minimum absolute atomic E-state index is 0.283. The minimum Gasteiger partial charge on any atom is -0.312 e. The van der Waals surface area contributed by atoms with E-state index in [2.05, 4.69) is 47.8 Å². The van der Waals surface area contributed by atoms with Crippen LogP contribution in [0.2, 0.25) is 0 Å². The summed E-state index contributed by atoms with van der Waals surface area (Å²) in [6.07, 6.45) is 11.2. The Bertz CT molecular complexity index is 738. The van der Waals surface area contributed by atoms with E-state index in [4.69, 9.17) is 0 Å². The van der Waals surface area contributed by atoms with Crippen LogP contribution in [0.5, 0.6) is 0 Å². The van der Waals surface area contributed by atoms with E-state index < -0.39 is 0 Å². The largest absolute Gasteiger partial charge is 0.312 e. The van der Waals surface area contributed by atoms with Gasteiger partial charge in [0.05, 0.1) is 24.0 Å². The number of hydrogen-bond donors (Lipinski definition) is 0. The molecule has 2 aromatic heterocycles. The molecule has 0 bridgehead atoms. The lowest BCUT2D eigenvalue weighted by molar-refractivity contribution is 0.152. The Hall–Kier alpha value is -1.76. The van der Waals surface area contributed by atoms with Crippen molar-refractivity contribution in [3.05, 3.63) is 23.5 Å². The highest BCUT2D eigenvalue weighted by molar-refractivity contribution is 5.10. The van der Waals surface area contributed by atoms with Crippen LogP contribution in [0, 0.1) is 0 Å². The van der Waals surface area contributed by atoms with Crippen molar-refractivity contribution in [2.75, 3.05) is 6.54 Å². The van der Waals surface area contributed by atoms with E-state index in [9.17, 15) is 0 Å². The summed E-state index contributed by atoms with van der Waals surface area (Å²) >= 11 is 0. The molecular weight excluding hydrogens is 314 g/mol. The van der Waals surface area contributed by atoms with Crippen molar-refractivity contribution in [1.29, 1.82) is 0 Å². The Morgan fingerprint density at radius 1 is 0.960 bits per heavy atom. The summed E-state index contributed by atoms with van der Waals surface area (Å²) in [6.45, 7) is 5.12. The maximum atomic E-state index is 4.57. The third-order valence-electron chi connectivity index (χ3n) is 6.43. The molecule has 0 aromatic carbocycles. The van der Waals surface area contributed by atoms with Crippen molar-refractivity contribution in [2.24, 2.45) is 0 Å². The van der Waals surface area contributed by atoms with Crippen LogP contribution in [0.1, 0.15) is 87.2 Å². The minimum atomic E-state index is 0.283. The zero-order chi connectivity index (χ0) is 16.8. The Morgan fingerprint density at radius 3 is 2.52 bits per heavy atom. The topological polar surface area (TPSA) is 64.7 Å². The first-order valence-electron chi connectivity index (χ1n) is 9.87. The summed E-state index contributed by atoms with van der Waals surface area (Å²) in [5.41, 5.74) is 1.07. The van der Waals surface area contributed by atoms with Gasteiger partial charge >= 0.3 is 0 Å². The highest BCUT2D eigenvalue weighted by Crippen LogP contribution is 2.36. The number of nitrogens with zero attached hydrogens (tertiary/aromatic N) is 7. The lowest BCUT2D eigenvalue weighted by atomic mass is 9.93. The van der Waals surface area contributed by atoms with Crippen LogP contribution < -0.4 is 0 Å². The fraction of sp³-hybridized carbons (Fsp3) is 0.778. The molecule has 1 atom stereocenters. The van der Waals surface area contributed by atoms with Gasteiger partial charge in [-0.05, 0) is 39.0 Å². The summed E-state index contributed by atoms with van der Waals surface area (Å²) < 4.78 is 4.45. The highest BCUT2D eigenvalue weighted by atomic mass is 15.4. The monoisotopic (exact) mass is 341 g/mol. The molecule has 0 spiro atoms. The zero-order valence-corrected chi connectivity index (χ0v) is 15.0. The quantitative estimate of drug-likeness (QED) is 0.855. The summed E-state index contributed by atoms with van der Waals surface area (Å²) in [4.78, 5) is 2.46. The average Bonchev–Trinajstić information content (AvgIpc) is 3.28. The van der Waals surface area contributed by atoms with Crippen LogP contribution in [0.15, 0.2) is 6.20 Å². The normalized spacial score (nSPS) is 25.2. The van der Waals surface area contributed by atoms with Crippen LogP contribution in [0.3, 0.4) is 0 Å². The zero-order valence-electron chi connectivity index (χ0n) is 15.0. The predicted octanol–water partition coefficient (Wildman–Crippen LogP) is 2.83. The van der Waals surface area contributed by atoms with Gasteiger partial charge in [0.15, 0.2) is 0 Å². The van der Waals surface area contributed by atoms with E-state index in [-0.39, 0.29) is 6.04 Å². The smallest absolute Gasteiger partial charge is 0.150 e. The van der Waals surface area contributed by atoms with Gasteiger partial charge in [0.1, 0.15) is 11.6 Å². The van der Waals surface area contributed by atoms with Crippen LogP contribution in [-0.4, -0.2) is 41.2 Å². The summed E-state index contributed by atoms with van der Waals surface area (Å²) in [5.74, 6) is 2.98. The maximum absolute atomic E-state index is 4.57. The number of hydrogen-bond acceptors (Lipinski definition) is 5. The SMILES string of the molecule is CC1c2nnc(C3CCCC3)n2CCN1Cc1cn(C2CCC2)nn1. The Labute approximate surface area is 148 Å². The number of fused-ring (bicyclic) bond motifs is 1. The molecule has 2 fully saturated rings. The van der Waals surface area contributed by atoms with E-state index in [1.165, 1.54) is 50.8 Å². The predicted molar refractivity (Wildman–Crippen MR) is 93.0 cm³/mol. The molecule has 0 radical (unpaired) electrons. The van der Waals surface area contributed by atoms with E-state index in [0.29, 0.717) is 12.0 Å². The molecule has 7 heteroatoms. The number of rotatable bonds is 4. The molecular formula is C18H27N7. The molecule has 1 unspecified atom stereocenters. The molecule has 2 aromatic rings. The van der Waals surface area contributed by atoms with Gasteiger partial charge in [-0.1, -0.05) is 18.1 Å². The van der Waals surface area contributed by atoms with Crippen LogP contribution in [-0.2, 0) is 13.1 Å². The summed E-state index contributed by atoms with van der Waals surface area (Å²) in [7, 11) is 0. The lowest BCUT2D eigenvalue weighted by Crippen LogP contribution is -2.37. The molecule has 2 aliphatic carbocycles. The summed E-state index contributed by atoms with van der Waals surface area (Å²) in [5, 5.41) is 17.9. The van der Waals surface area contributed by atoms with Gasteiger partial charge in [-0.15, -0.1) is 15.3 Å². The Balaban J connectivity index is 1.31. The maximum Gasteiger partial charge on any atom is 0.150 e. The second kappa shape index (κ2) is 6.20. The molecule has 0 saturated heterocycles. The fourth-order valence-electron chi connectivity index (χ4n) is 4.58. The Kier molecular flexibility index (Phi) is 3.84. The third kappa shape index (κ3) is 2.69. The molecule has 0 amide bonds. The molecule has 5 rings (SSSR count). The van der Waals surface area contributed by atoms with Gasteiger partial charge < -0.3 is 4.57 Å². The summed E-state index contributed by atoms with van der Waals surface area (Å²) in [6, 6.07) is 0.863. The first-order valence-corrected chi connectivity index (χ1v) is 9.87. The number of aromatic nitrogens is 6. The first-order chi connectivity index (χ1) is 12.3. The van der Waals surface area contributed by atoms with Crippen molar-refractivity contribution < 1.29 is 0 Å². The van der Waals surface area contributed by atoms with Crippen molar-refractivity contribution in [1.82, 2.24) is 34.7 Å². The molecule has 25 heavy (non-hydrogen) atoms. The fourth-order valence-corrected chi connectivity index (χ4v) is 4.58. The van der Waals surface area contributed by atoms with Gasteiger partial charge in [0, 0.05) is 25.6 Å². The molecule has 134 valence electrons. The molecule has 3 aliphatic rings. The molecule has 2 saturated carbocycles. The van der Waals surface area contributed by atoms with Crippen LogP contribution in [0.25, 0.3) is 0 Å². The van der Waals surface area contributed by atoms with E-state index >= 15 is 0 Å². The van der Waals surface area contributed by atoms with Crippen molar-refractivity contribution in [3.8, 4) is 0 Å². The first kappa shape index (κ1) is 15.5.